The third-order valence-corrected chi connectivity index (χ3v) is 2.29. The predicted molar refractivity (Wildman–Crippen MR) is 52.3 cm³/mol. The van der Waals surface area contributed by atoms with Crippen LogP contribution in [0.4, 0.5) is 0 Å². The average Bonchev–Trinajstić information content (AvgIpc) is 2.10. The van der Waals surface area contributed by atoms with Crippen LogP contribution in [0.5, 0.6) is 0 Å². The molecule has 1 aromatic rings. The first-order valence-corrected chi connectivity index (χ1v) is 4.23. The summed E-state index contributed by atoms with van der Waals surface area (Å²) in [5.41, 5.74) is 0.310. The van der Waals surface area contributed by atoms with Crippen LogP contribution in [-0.4, -0.2) is 12.3 Å². The van der Waals surface area contributed by atoms with Crippen molar-refractivity contribution >= 4 is 29.0 Å². The van der Waals surface area contributed by atoms with Crippen molar-refractivity contribution in [2.24, 2.45) is 0 Å². The molecule has 2 nitrogen and oxygen atoms in total. The van der Waals surface area contributed by atoms with E-state index in [-0.39, 0.29) is 17.4 Å². The van der Waals surface area contributed by atoms with Gasteiger partial charge in [0.2, 0.25) is 5.78 Å². The number of benzene rings is 1. The van der Waals surface area contributed by atoms with Crippen molar-refractivity contribution in [1.82, 2.24) is 0 Å². The van der Waals surface area contributed by atoms with E-state index in [4.69, 9.17) is 29.8 Å². The average molecular weight is 214 g/mol. The number of ketones is 1. The first-order chi connectivity index (χ1) is 6.16. The molecule has 0 aliphatic carbocycles. The highest BCUT2D eigenvalue weighted by Crippen LogP contribution is 2.25. The van der Waals surface area contributed by atoms with Crippen molar-refractivity contribution in [2.45, 2.75) is 0 Å². The van der Waals surface area contributed by atoms with Gasteiger partial charge in [0.05, 0.1) is 10.0 Å². The smallest absolute Gasteiger partial charge is 0.276 e. The molecule has 4 heteroatoms. The Balaban J connectivity index is 3.09. The molecule has 0 heterocycles. The Morgan fingerprint density at radius 1 is 1.46 bits per heavy atom. The normalized spacial score (nSPS) is 9.31. The van der Waals surface area contributed by atoms with Crippen LogP contribution in [0.1, 0.15) is 10.4 Å². The maximum Gasteiger partial charge on any atom is 0.276 e. The molecule has 0 amide bonds. The fourth-order valence-corrected chi connectivity index (χ4v) is 1.28. The minimum absolute atomic E-state index is 0.194. The molecule has 0 unspecified atom stereocenters. The van der Waals surface area contributed by atoms with Crippen molar-refractivity contribution in [3.8, 4) is 0 Å². The topological polar surface area (TPSA) is 21.4 Å². The minimum Gasteiger partial charge on any atom is -0.308 e. The molecule has 13 heavy (non-hydrogen) atoms. The molecule has 0 fully saturated rings. The van der Waals surface area contributed by atoms with Gasteiger partial charge in [0.25, 0.3) is 6.54 Å². The van der Waals surface area contributed by atoms with Gasteiger partial charge in [0, 0.05) is 5.56 Å². The molecule has 0 saturated heterocycles. The lowest BCUT2D eigenvalue weighted by Crippen LogP contribution is -2.02. The number of rotatable bonds is 2. The van der Waals surface area contributed by atoms with Crippen LogP contribution in [0.25, 0.3) is 4.85 Å². The molecule has 66 valence electrons. The quantitative estimate of drug-likeness (QED) is 0.547. The fourth-order valence-electron chi connectivity index (χ4n) is 0.876. The highest BCUT2D eigenvalue weighted by molar-refractivity contribution is 6.44. The van der Waals surface area contributed by atoms with E-state index in [1.165, 1.54) is 0 Å². The van der Waals surface area contributed by atoms with Crippen molar-refractivity contribution in [2.75, 3.05) is 6.54 Å². The van der Waals surface area contributed by atoms with Crippen LogP contribution >= 0.6 is 23.2 Å². The lowest BCUT2D eigenvalue weighted by Gasteiger charge is -1.99. The summed E-state index contributed by atoms with van der Waals surface area (Å²) in [6.07, 6.45) is 0. The first kappa shape index (κ1) is 10.0. The van der Waals surface area contributed by atoms with E-state index in [2.05, 4.69) is 4.85 Å². The molecule has 0 spiro atoms. The van der Waals surface area contributed by atoms with Gasteiger partial charge in [-0.15, -0.1) is 0 Å². The summed E-state index contributed by atoms with van der Waals surface area (Å²) in [6, 6.07) is 4.78. The van der Waals surface area contributed by atoms with Crippen molar-refractivity contribution in [3.63, 3.8) is 0 Å². The number of hydrogen-bond donors (Lipinski definition) is 0. The van der Waals surface area contributed by atoms with E-state index >= 15 is 0 Å². The third kappa shape index (κ3) is 2.21. The maximum atomic E-state index is 11.3. The second kappa shape index (κ2) is 4.27. The second-order valence-corrected chi connectivity index (χ2v) is 3.13. The zero-order valence-electron chi connectivity index (χ0n) is 6.55. The van der Waals surface area contributed by atoms with Gasteiger partial charge < -0.3 is 4.85 Å². The van der Waals surface area contributed by atoms with Gasteiger partial charge >= 0.3 is 0 Å². The highest BCUT2D eigenvalue weighted by Gasteiger charge is 2.13. The van der Waals surface area contributed by atoms with E-state index in [1.54, 1.807) is 18.2 Å². The van der Waals surface area contributed by atoms with Crippen LogP contribution in [-0.2, 0) is 0 Å². The number of hydrogen-bond acceptors (Lipinski definition) is 1. The molecular formula is C9H5Cl2NO. The summed E-state index contributed by atoms with van der Waals surface area (Å²) in [4.78, 5) is 14.2. The van der Waals surface area contributed by atoms with Crippen LogP contribution in [0, 0.1) is 6.57 Å². The third-order valence-electron chi connectivity index (χ3n) is 1.47. The zero-order chi connectivity index (χ0) is 9.84. The number of nitrogens with zero attached hydrogens (tertiary/aromatic N) is 1. The van der Waals surface area contributed by atoms with Crippen LogP contribution in [0.15, 0.2) is 18.2 Å². The highest BCUT2D eigenvalue weighted by atomic mass is 35.5. The molecule has 0 aliphatic rings. The van der Waals surface area contributed by atoms with E-state index in [0.717, 1.165) is 0 Å². The van der Waals surface area contributed by atoms with Gasteiger partial charge in [-0.25, -0.2) is 6.57 Å². The molecule has 0 radical (unpaired) electrons. The molecular weight excluding hydrogens is 209 g/mol. The summed E-state index contributed by atoms with van der Waals surface area (Å²) in [5, 5.41) is 0.551. The summed E-state index contributed by atoms with van der Waals surface area (Å²) in [7, 11) is 0. The van der Waals surface area contributed by atoms with Crippen molar-refractivity contribution in [1.29, 1.82) is 0 Å². The SMILES string of the molecule is [C-]#[N+]CC(=O)c1cccc(Cl)c1Cl. The number of halogens is 2. The minimum atomic E-state index is -0.303. The van der Waals surface area contributed by atoms with Gasteiger partial charge in [-0.2, -0.15) is 0 Å². The largest absolute Gasteiger partial charge is 0.308 e. The Morgan fingerprint density at radius 3 is 2.77 bits per heavy atom. The number of carbonyl (C=O) groups is 1. The molecule has 0 saturated carbocycles. The Morgan fingerprint density at radius 2 is 2.15 bits per heavy atom. The van der Waals surface area contributed by atoms with E-state index in [0.29, 0.717) is 10.6 Å². The summed E-state index contributed by atoms with van der Waals surface area (Å²) < 4.78 is 0. The fraction of sp³-hybridized carbons (Fsp3) is 0.111. The van der Waals surface area contributed by atoms with Crippen molar-refractivity contribution < 1.29 is 4.79 Å². The Kier molecular flexibility index (Phi) is 3.30. The number of Topliss-reactive ketones (excluding diaryl/α,β-unsaturated/α-hetero) is 1. The Labute approximate surface area is 85.9 Å². The summed E-state index contributed by atoms with van der Waals surface area (Å²) in [6.45, 7) is 6.34. The first-order valence-electron chi connectivity index (χ1n) is 3.47. The van der Waals surface area contributed by atoms with Gasteiger partial charge in [0.15, 0.2) is 0 Å². The Bertz CT molecular complexity index is 382. The monoisotopic (exact) mass is 213 g/mol. The Hall–Kier alpha value is -1.04. The second-order valence-electron chi connectivity index (χ2n) is 2.34. The molecule has 1 aromatic carbocycles. The zero-order valence-corrected chi connectivity index (χ0v) is 8.06. The molecule has 1 rings (SSSR count). The van der Waals surface area contributed by atoms with Gasteiger partial charge in [0.1, 0.15) is 0 Å². The van der Waals surface area contributed by atoms with E-state index < -0.39 is 0 Å². The molecule has 0 aromatic heterocycles. The lowest BCUT2D eigenvalue weighted by molar-refractivity contribution is 0.101. The van der Waals surface area contributed by atoms with Crippen LogP contribution in [0.2, 0.25) is 10.0 Å². The molecule has 0 atom stereocenters. The van der Waals surface area contributed by atoms with Gasteiger partial charge in [-0.1, -0.05) is 29.3 Å². The maximum absolute atomic E-state index is 11.3. The van der Waals surface area contributed by atoms with Crippen molar-refractivity contribution in [3.05, 3.63) is 45.2 Å². The van der Waals surface area contributed by atoms with E-state index in [9.17, 15) is 4.79 Å². The lowest BCUT2D eigenvalue weighted by atomic mass is 10.1. The van der Waals surface area contributed by atoms with Gasteiger partial charge in [-0.05, 0) is 12.1 Å². The van der Waals surface area contributed by atoms with Crippen LogP contribution < -0.4 is 0 Å². The number of carbonyl (C=O) groups excluding carboxylic acids is 1. The standard InChI is InChI=1S/C9H5Cl2NO/c1-12-5-8(13)6-3-2-4-7(10)9(6)11/h2-4H,5H2. The predicted octanol–water partition coefficient (Wildman–Crippen LogP) is 3.10. The van der Waals surface area contributed by atoms with Gasteiger partial charge in [-0.3, -0.25) is 4.79 Å². The molecule has 0 aliphatic heterocycles. The van der Waals surface area contributed by atoms with Crippen LogP contribution in [0.3, 0.4) is 0 Å². The summed E-state index contributed by atoms with van der Waals surface area (Å²) in [5.74, 6) is -0.303. The summed E-state index contributed by atoms with van der Waals surface area (Å²) >= 11 is 11.5. The van der Waals surface area contributed by atoms with E-state index in [1.807, 2.05) is 0 Å². The molecule has 0 N–H and O–H groups in total. The molecule has 0 bridgehead atoms.